The van der Waals surface area contributed by atoms with Gasteiger partial charge >= 0.3 is 0 Å². The van der Waals surface area contributed by atoms with E-state index in [9.17, 15) is 0 Å². The number of ether oxygens (including phenoxy) is 1. The highest BCUT2D eigenvalue weighted by atomic mass is 32.1. The van der Waals surface area contributed by atoms with Crippen molar-refractivity contribution in [1.29, 1.82) is 0 Å². The third-order valence-corrected chi connectivity index (χ3v) is 2.23. The summed E-state index contributed by atoms with van der Waals surface area (Å²) in [6.45, 7) is 9.58. The number of aromatic amines is 1. The Hall–Kier alpha value is -0.680. The zero-order valence-electron chi connectivity index (χ0n) is 9.83. The van der Waals surface area contributed by atoms with Crippen LogP contribution in [0.4, 0.5) is 0 Å². The average molecular weight is 229 g/mol. The quantitative estimate of drug-likeness (QED) is 0.807. The molecule has 0 fully saturated rings. The van der Waals surface area contributed by atoms with Gasteiger partial charge in [-0.05, 0) is 39.4 Å². The molecule has 1 aromatic rings. The van der Waals surface area contributed by atoms with E-state index in [-0.39, 0.29) is 5.60 Å². The van der Waals surface area contributed by atoms with E-state index in [0.29, 0.717) is 11.4 Å². The van der Waals surface area contributed by atoms with Crippen molar-refractivity contribution < 1.29 is 4.74 Å². The van der Waals surface area contributed by atoms with Crippen LogP contribution in [0.3, 0.4) is 0 Å². The summed E-state index contributed by atoms with van der Waals surface area (Å²) in [5, 5.41) is 6.95. The molecule has 1 N–H and O–H groups in total. The zero-order chi connectivity index (χ0) is 11.5. The monoisotopic (exact) mass is 229 g/mol. The number of rotatable bonds is 4. The molecule has 0 aromatic carbocycles. The SMILES string of the molecule is CCCn1c(COC(C)(C)C)n[nH]c1=S. The summed E-state index contributed by atoms with van der Waals surface area (Å²) < 4.78 is 8.32. The number of hydrogen-bond acceptors (Lipinski definition) is 3. The third kappa shape index (κ3) is 3.76. The summed E-state index contributed by atoms with van der Waals surface area (Å²) in [5.41, 5.74) is -0.148. The first-order valence-corrected chi connectivity index (χ1v) is 5.63. The molecule has 1 heterocycles. The molecule has 1 aromatic heterocycles. The predicted molar refractivity (Wildman–Crippen MR) is 62.2 cm³/mol. The molecule has 15 heavy (non-hydrogen) atoms. The van der Waals surface area contributed by atoms with Gasteiger partial charge in [-0.25, -0.2) is 0 Å². The Kier molecular flexibility index (Phi) is 4.04. The molecule has 4 nitrogen and oxygen atoms in total. The molecule has 0 aliphatic carbocycles. The van der Waals surface area contributed by atoms with Crippen LogP contribution >= 0.6 is 12.2 Å². The van der Waals surface area contributed by atoms with Crippen LogP contribution < -0.4 is 0 Å². The van der Waals surface area contributed by atoms with Crippen LogP contribution in [-0.2, 0) is 17.9 Å². The molecule has 0 atom stereocenters. The van der Waals surface area contributed by atoms with Gasteiger partial charge in [0.25, 0.3) is 0 Å². The highest BCUT2D eigenvalue weighted by molar-refractivity contribution is 7.71. The van der Waals surface area contributed by atoms with Crippen LogP contribution in [0.15, 0.2) is 0 Å². The second-order valence-electron chi connectivity index (χ2n) is 4.50. The zero-order valence-corrected chi connectivity index (χ0v) is 10.6. The highest BCUT2D eigenvalue weighted by Gasteiger charge is 2.13. The first-order valence-electron chi connectivity index (χ1n) is 5.22. The van der Waals surface area contributed by atoms with Crippen LogP contribution in [0.5, 0.6) is 0 Å². The van der Waals surface area contributed by atoms with Crippen molar-refractivity contribution in [2.45, 2.75) is 52.9 Å². The van der Waals surface area contributed by atoms with E-state index in [0.717, 1.165) is 18.8 Å². The van der Waals surface area contributed by atoms with E-state index in [4.69, 9.17) is 17.0 Å². The van der Waals surface area contributed by atoms with Crippen molar-refractivity contribution in [3.63, 3.8) is 0 Å². The Labute approximate surface area is 95.7 Å². The lowest BCUT2D eigenvalue weighted by Crippen LogP contribution is -2.20. The minimum atomic E-state index is -0.148. The molecule has 5 heteroatoms. The van der Waals surface area contributed by atoms with Crippen LogP contribution in [0.2, 0.25) is 0 Å². The molecular formula is C10H19N3OS. The van der Waals surface area contributed by atoms with E-state index < -0.39 is 0 Å². The van der Waals surface area contributed by atoms with Gasteiger partial charge in [0.15, 0.2) is 10.6 Å². The molecule has 0 aliphatic rings. The molecule has 86 valence electrons. The number of nitrogens with zero attached hydrogens (tertiary/aromatic N) is 2. The van der Waals surface area contributed by atoms with E-state index in [1.165, 1.54) is 0 Å². The third-order valence-electron chi connectivity index (χ3n) is 1.92. The van der Waals surface area contributed by atoms with Gasteiger partial charge in [0.2, 0.25) is 0 Å². The van der Waals surface area contributed by atoms with Crippen LogP contribution in [0.1, 0.15) is 39.9 Å². The van der Waals surface area contributed by atoms with Gasteiger partial charge in [0.1, 0.15) is 6.61 Å². The maximum atomic E-state index is 5.67. The second-order valence-corrected chi connectivity index (χ2v) is 4.88. The summed E-state index contributed by atoms with van der Waals surface area (Å²) in [4.78, 5) is 0. The topological polar surface area (TPSA) is 42.8 Å². The average Bonchev–Trinajstić information content (AvgIpc) is 2.45. The van der Waals surface area contributed by atoms with Crippen LogP contribution in [0, 0.1) is 4.77 Å². The van der Waals surface area contributed by atoms with Gasteiger partial charge in [-0.1, -0.05) is 6.92 Å². The van der Waals surface area contributed by atoms with Crippen molar-refractivity contribution in [1.82, 2.24) is 14.8 Å². The summed E-state index contributed by atoms with van der Waals surface area (Å²) in [6.07, 6.45) is 1.04. The van der Waals surface area contributed by atoms with E-state index in [2.05, 4.69) is 17.1 Å². The lowest BCUT2D eigenvalue weighted by Gasteiger charge is -2.19. The molecule has 0 radical (unpaired) electrons. The molecule has 0 saturated carbocycles. The molecule has 0 unspecified atom stereocenters. The molecule has 0 spiro atoms. The molecule has 1 rings (SSSR count). The second kappa shape index (κ2) is 4.90. The van der Waals surface area contributed by atoms with E-state index >= 15 is 0 Å². The van der Waals surface area contributed by atoms with Gasteiger partial charge < -0.3 is 9.30 Å². The van der Waals surface area contributed by atoms with Gasteiger partial charge in [0, 0.05) is 6.54 Å². The standard InChI is InChI=1S/C10H19N3OS/c1-5-6-13-8(11-12-9(13)15)7-14-10(2,3)4/h5-7H2,1-4H3,(H,12,15). The first kappa shape index (κ1) is 12.4. The van der Waals surface area contributed by atoms with Gasteiger partial charge in [0.05, 0.1) is 5.60 Å². The van der Waals surface area contributed by atoms with Crippen molar-refractivity contribution in [2.75, 3.05) is 0 Å². The fourth-order valence-corrected chi connectivity index (χ4v) is 1.44. The summed E-state index contributed by atoms with van der Waals surface area (Å²) in [6, 6.07) is 0. The number of nitrogens with one attached hydrogen (secondary N) is 1. The van der Waals surface area contributed by atoms with E-state index in [1.807, 2.05) is 25.3 Å². The smallest absolute Gasteiger partial charge is 0.195 e. The van der Waals surface area contributed by atoms with Gasteiger partial charge in [-0.15, -0.1) is 0 Å². The van der Waals surface area contributed by atoms with Crippen molar-refractivity contribution in [2.24, 2.45) is 0 Å². The fraction of sp³-hybridized carbons (Fsp3) is 0.800. The molecule has 0 saturated heterocycles. The minimum Gasteiger partial charge on any atom is -0.368 e. The van der Waals surface area contributed by atoms with Crippen molar-refractivity contribution in [3.05, 3.63) is 10.6 Å². The molecule has 0 bridgehead atoms. The Bertz CT molecular complexity index is 361. The lowest BCUT2D eigenvalue weighted by atomic mass is 10.2. The van der Waals surface area contributed by atoms with Crippen LogP contribution in [0.25, 0.3) is 0 Å². The predicted octanol–water partition coefficient (Wildman–Crippen LogP) is 2.67. The van der Waals surface area contributed by atoms with E-state index in [1.54, 1.807) is 0 Å². The largest absolute Gasteiger partial charge is 0.368 e. The summed E-state index contributed by atoms with van der Waals surface area (Å²) in [7, 11) is 0. The highest BCUT2D eigenvalue weighted by Crippen LogP contribution is 2.10. The molecule has 0 aliphatic heterocycles. The summed E-state index contributed by atoms with van der Waals surface area (Å²) >= 11 is 5.14. The maximum absolute atomic E-state index is 5.67. The Morgan fingerprint density at radius 1 is 1.47 bits per heavy atom. The Balaban J connectivity index is 2.73. The number of hydrogen-bond donors (Lipinski definition) is 1. The van der Waals surface area contributed by atoms with Gasteiger partial charge in [-0.3, -0.25) is 5.10 Å². The summed E-state index contributed by atoms with van der Waals surface area (Å²) in [5.74, 6) is 0.872. The number of H-pyrrole nitrogens is 1. The first-order chi connectivity index (χ1) is 6.94. The van der Waals surface area contributed by atoms with Crippen molar-refractivity contribution >= 4 is 12.2 Å². The fourth-order valence-electron chi connectivity index (χ4n) is 1.20. The Morgan fingerprint density at radius 2 is 2.13 bits per heavy atom. The maximum Gasteiger partial charge on any atom is 0.195 e. The molecular weight excluding hydrogens is 210 g/mol. The van der Waals surface area contributed by atoms with Crippen LogP contribution in [-0.4, -0.2) is 20.4 Å². The lowest BCUT2D eigenvalue weighted by molar-refractivity contribution is -0.0194. The minimum absolute atomic E-state index is 0.148. The Morgan fingerprint density at radius 3 is 2.67 bits per heavy atom. The molecule has 0 amide bonds. The number of aromatic nitrogens is 3. The normalized spacial score (nSPS) is 12.0. The van der Waals surface area contributed by atoms with Gasteiger partial charge in [-0.2, -0.15) is 5.10 Å². The van der Waals surface area contributed by atoms with Crippen molar-refractivity contribution in [3.8, 4) is 0 Å².